The molecule has 3 heteroatoms. The molecule has 0 amide bonds. The molecule has 0 fully saturated rings. The molecule has 0 bridgehead atoms. The Balaban J connectivity index is 2.01. The van der Waals surface area contributed by atoms with Crippen molar-refractivity contribution in [2.24, 2.45) is 0 Å². The lowest BCUT2D eigenvalue weighted by Gasteiger charge is -2.09. The van der Waals surface area contributed by atoms with E-state index in [2.05, 4.69) is 13.0 Å². The molecule has 0 saturated carbocycles. The highest BCUT2D eigenvalue weighted by Crippen LogP contribution is 2.26. The molecule has 22 heavy (non-hydrogen) atoms. The van der Waals surface area contributed by atoms with Gasteiger partial charge in [0.05, 0.1) is 18.2 Å². The number of halogens is 1. The number of nitriles is 1. The minimum atomic E-state index is -0.309. The van der Waals surface area contributed by atoms with Crippen molar-refractivity contribution < 1.29 is 9.13 Å². The summed E-state index contributed by atoms with van der Waals surface area (Å²) in [5.41, 5.74) is 1.84. The van der Waals surface area contributed by atoms with Gasteiger partial charge in [-0.25, -0.2) is 4.39 Å². The van der Waals surface area contributed by atoms with Crippen molar-refractivity contribution in [3.05, 3.63) is 53.8 Å². The minimum Gasteiger partial charge on any atom is -0.493 e. The molecule has 0 aromatic heterocycles. The molecule has 0 radical (unpaired) electrons. The molecule has 0 heterocycles. The van der Waals surface area contributed by atoms with Gasteiger partial charge in [-0.1, -0.05) is 38.3 Å². The predicted molar refractivity (Wildman–Crippen MR) is 86.2 cm³/mol. The van der Waals surface area contributed by atoms with Gasteiger partial charge in [-0.15, -0.1) is 0 Å². The number of benzene rings is 2. The van der Waals surface area contributed by atoms with E-state index in [0.717, 1.165) is 18.4 Å². The second-order valence-electron chi connectivity index (χ2n) is 5.24. The summed E-state index contributed by atoms with van der Waals surface area (Å²) in [4.78, 5) is 0. The van der Waals surface area contributed by atoms with E-state index in [-0.39, 0.29) is 5.82 Å². The van der Waals surface area contributed by atoms with E-state index < -0.39 is 0 Å². The Bertz CT molecular complexity index is 643. The van der Waals surface area contributed by atoms with Gasteiger partial charge >= 0.3 is 0 Å². The first kappa shape index (κ1) is 16.0. The largest absolute Gasteiger partial charge is 0.493 e. The zero-order valence-corrected chi connectivity index (χ0v) is 12.8. The zero-order chi connectivity index (χ0) is 15.8. The third kappa shape index (κ3) is 4.33. The number of unbranched alkanes of at least 4 members (excludes halogenated alkanes) is 3. The summed E-state index contributed by atoms with van der Waals surface area (Å²) in [6.07, 6.45) is 4.53. The molecule has 0 spiro atoms. The zero-order valence-electron chi connectivity index (χ0n) is 12.8. The fourth-order valence-electron chi connectivity index (χ4n) is 2.26. The number of hydrogen-bond acceptors (Lipinski definition) is 2. The summed E-state index contributed by atoms with van der Waals surface area (Å²) in [7, 11) is 0. The highest BCUT2D eigenvalue weighted by Gasteiger charge is 2.07. The SMILES string of the molecule is CCCCCCOc1ccc(-c2ccc(C#N)cc2)c(F)c1. The van der Waals surface area contributed by atoms with Gasteiger partial charge in [0, 0.05) is 11.6 Å². The third-order valence-corrected chi connectivity index (χ3v) is 3.53. The summed E-state index contributed by atoms with van der Waals surface area (Å²) in [5, 5.41) is 8.79. The van der Waals surface area contributed by atoms with Gasteiger partial charge < -0.3 is 4.74 Å². The quantitative estimate of drug-likeness (QED) is 0.648. The maximum atomic E-state index is 14.2. The second-order valence-corrected chi connectivity index (χ2v) is 5.24. The molecule has 114 valence electrons. The lowest BCUT2D eigenvalue weighted by Crippen LogP contribution is -1.98. The predicted octanol–water partition coefficient (Wildman–Crippen LogP) is 5.32. The van der Waals surface area contributed by atoms with Crippen LogP contribution < -0.4 is 4.74 Å². The van der Waals surface area contributed by atoms with Gasteiger partial charge in [0.2, 0.25) is 0 Å². The van der Waals surface area contributed by atoms with E-state index in [0.29, 0.717) is 23.5 Å². The normalized spacial score (nSPS) is 10.2. The number of hydrogen-bond donors (Lipinski definition) is 0. The first-order valence-corrected chi connectivity index (χ1v) is 7.67. The molecule has 2 aromatic rings. The van der Waals surface area contributed by atoms with E-state index >= 15 is 0 Å². The van der Waals surface area contributed by atoms with Gasteiger partial charge in [-0.2, -0.15) is 5.26 Å². The van der Waals surface area contributed by atoms with Crippen LogP contribution in [0, 0.1) is 17.1 Å². The Morgan fingerprint density at radius 2 is 1.82 bits per heavy atom. The van der Waals surface area contributed by atoms with Crippen LogP contribution in [0.3, 0.4) is 0 Å². The maximum absolute atomic E-state index is 14.2. The molecule has 0 aliphatic heterocycles. The fourth-order valence-corrected chi connectivity index (χ4v) is 2.26. The van der Waals surface area contributed by atoms with Crippen molar-refractivity contribution in [2.75, 3.05) is 6.61 Å². The Morgan fingerprint density at radius 1 is 1.05 bits per heavy atom. The maximum Gasteiger partial charge on any atom is 0.134 e. The first-order valence-electron chi connectivity index (χ1n) is 7.67. The molecule has 0 aliphatic carbocycles. The Morgan fingerprint density at radius 3 is 2.45 bits per heavy atom. The highest BCUT2D eigenvalue weighted by molar-refractivity contribution is 5.65. The Labute approximate surface area is 131 Å². The molecule has 0 saturated heterocycles. The molecular weight excluding hydrogens is 277 g/mol. The monoisotopic (exact) mass is 297 g/mol. The molecule has 0 unspecified atom stereocenters. The van der Waals surface area contributed by atoms with Crippen LogP contribution in [0.5, 0.6) is 5.75 Å². The van der Waals surface area contributed by atoms with Crippen molar-refractivity contribution in [1.29, 1.82) is 5.26 Å². The van der Waals surface area contributed by atoms with Crippen LogP contribution in [0.15, 0.2) is 42.5 Å². The average Bonchev–Trinajstić information content (AvgIpc) is 2.55. The van der Waals surface area contributed by atoms with E-state index in [1.807, 2.05) is 0 Å². The van der Waals surface area contributed by atoms with Gasteiger partial charge in [0.1, 0.15) is 11.6 Å². The van der Waals surface area contributed by atoms with Crippen LogP contribution in [0.4, 0.5) is 4.39 Å². The molecule has 0 atom stereocenters. The molecular formula is C19H20FNO. The average molecular weight is 297 g/mol. The van der Waals surface area contributed by atoms with Gasteiger partial charge in [-0.3, -0.25) is 0 Å². The van der Waals surface area contributed by atoms with Crippen molar-refractivity contribution in [2.45, 2.75) is 32.6 Å². The van der Waals surface area contributed by atoms with Crippen molar-refractivity contribution in [3.63, 3.8) is 0 Å². The van der Waals surface area contributed by atoms with E-state index in [1.165, 1.54) is 18.9 Å². The molecule has 2 aromatic carbocycles. The van der Waals surface area contributed by atoms with Crippen molar-refractivity contribution >= 4 is 0 Å². The topological polar surface area (TPSA) is 33.0 Å². The number of nitrogens with zero attached hydrogens (tertiary/aromatic N) is 1. The van der Waals surface area contributed by atoms with E-state index in [1.54, 1.807) is 36.4 Å². The lowest BCUT2D eigenvalue weighted by atomic mass is 10.0. The van der Waals surface area contributed by atoms with Crippen LogP contribution in [0.2, 0.25) is 0 Å². The van der Waals surface area contributed by atoms with Gasteiger partial charge in [0.25, 0.3) is 0 Å². The summed E-state index contributed by atoms with van der Waals surface area (Å²) in [6.45, 7) is 2.79. The van der Waals surface area contributed by atoms with Crippen molar-refractivity contribution in [1.82, 2.24) is 0 Å². The Hall–Kier alpha value is -2.34. The van der Waals surface area contributed by atoms with Gasteiger partial charge in [-0.05, 0) is 36.2 Å². The van der Waals surface area contributed by atoms with E-state index in [9.17, 15) is 4.39 Å². The molecule has 2 nitrogen and oxygen atoms in total. The second kappa shape index (κ2) is 8.19. The standard InChI is InChI=1S/C19H20FNO/c1-2-3-4-5-12-22-17-10-11-18(19(20)13-17)16-8-6-15(14-21)7-9-16/h6-11,13H,2-5,12H2,1H3. The fraction of sp³-hybridized carbons (Fsp3) is 0.316. The third-order valence-electron chi connectivity index (χ3n) is 3.53. The number of ether oxygens (including phenoxy) is 1. The van der Waals surface area contributed by atoms with Crippen LogP contribution >= 0.6 is 0 Å². The summed E-state index contributed by atoms with van der Waals surface area (Å²) < 4.78 is 19.8. The van der Waals surface area contributed by atoms with E-state index in [4.69, 9.17) is 10.00 Å². The first-order chi connectivity index (χ1) is 10.7. The number of rotatable bonds is 7. The summed E-state index contributed by atoms with van der Waals surface area (Å²) in [5.74, 6) is 0.252. The molecule has 0 aliphatic rings. The van der Waals surface area contributed by atoms with Gasteiger partial charge in [0.15, 0.2) is 0 Å². The highest BCUT2D eigenvalue weighted by atomic mass is 19.1. The summed E-state index contributed by atoms with van der Waals surface area (Å²) >= 11 is 0. The van der Waals surface area contributed by atoms with Crippen LogP contribution in [0.25, 0.3) is 11.1 Å². The molecule has 0 N–H and O–H groups in total. The van der Waals surface area contributed by atoms with Crippen molar-refractivity contribution in [3.8, 4) is 22.9 Å². The minimum absolute atomic E-state index is 0.309. The molecule has 2 rings (SSSR count). The van der Waals surface area contributed by atoms with Crippen LogP contribution in [-0.4, -0.2) is 6.61 Å². The smallest absolute Gasteiger partial charge is 0.134 e. The lowest BCUT2D eigenvalue weighted by molar-refractivity contribution is 0.303. The summed E-state index contributed by atoms with van der Waals surface area (Å²) in [6, 6.07) is 13.9. The Kier molecular flexibility index (Phi) is 5.97. The van der Waals surface area contributed by atoms with Crippen LogP contribution in [-0.2, 0) is 0 Å². The van der Waals surface area contributed by atoms with Crippen LogP contribution in [0.1, 0.15) is 38.2 Å².